The fraction of sp³-hybridized carbons (Fsp3) is 0.500. The number of allylic oxidation sites excluding steroid dienone is 2. The van der Waals surface area contributed by atoms with Crippen LogP contribution in [0, 0.1) is 0 Å². The number of ether oxygens (including phenoxy) is 2. The minimum Gasteiger partial charge on any atom is -0.484 e. The molecule has 0 spiro atoms. The average molecular weight is 284 g/mol. The highest BCUT2D eigenvalue weighted by molar-refractivity contribution is 8.05. The molecule has 0 N–H and O–H groups in total. The Morgan fingerprint density at radius 3 is 1.67 bits per heavy atom. The van der Waals surface area contributed by atoms with Crippen LogP contribution in [-0.2, 0) is 19.1 Å². The highest BCUT2D eigenvalue weighted by Gasteiger charge is 2.42. The van der Waals surface area contributed by atoms with Crippen molar-refractivity contribution in [1.82, 2.24) is 0 Å². The Bertz CT molecular complexity index is 460. The molecule has 3 rings (SSSR count). The van der Waals surface area contributed by atoms with Crippen LogP contribution >= 0.6 is 23.5 Å². The summed E-state index contributed by atoms with van der Waals surface area (Å²) < 4.78 is 11.1. The summed E-state index contributed by atoms with van der Waals surface area (Å²) in [6.45, 7) is 3.79. The third kappa shape index (κ3) is 1.78. The van der Waals surface area contributed by atoms with Crippen molar-refractivity contribution in [2.75, 3.05) is 11.5 Å². The molecule has 2 heterocycles. The molecule has 0 amide bonds. The fourth-order valence-electron chi connectivity index (χ4n) is 1.97. The van der Waals surface area contributed by atoms with Crippen molar-refractivity contribution in [2.45, 2.75) is 26.1 Å². The van der Waals surface area contributed by atoms with E-state index in [4.69, 9.17) is 9.47 Å². The Morgan fingerprint density at radius 1 is 0.889 bits per heavy atom. The summed E-state index contributed by atoms with van der Waals surface area (Å²) in [6.07, 6.45) is -0.0813. The standard InChI is InChI=1S/C12H12O4S2/c1-5-3-17-11-8(14)10-12(7(13)9(11)15-5)18-4-6(2)16-10/h5-6H,3-4H2,1-2H3. The Kier molecular flexibility index (Phi) is 2.94. The second kappa shape index (κ2) is 4.35. The van der Waals surface area contributed by atoms with Crippen LogP contribution in [0.15, 0.2) is 21.3 Å². The zero-order valence-electron chi connectivity index (χ0n) is 10.0. The smallest absolute Gasteiger partial charge is 0.239 e. The Morgan fingerprint density at radius 2 is 1.28 bits per heavy atom. The van der Waals surface area contributed by atoms with Gasteiger partial charge >= 0.3 is 0 Å². The van der Waals surface area contributed by atoms with Crippen molar-refractivity contribution < 1.29 is 19.1 Å². The minimum absolute atomic E-state index is 0.0407. The number of carbonyl (C=O) groups is 2. The van der Waals surface area contributed by atoms with E-state index < -0.39 is 0 Å². The third-order valence-electron chi connectivity index (χ3n) is 2.80. The molecule has 0 aromatic carbocycles. The first-order valence-electron chi connectivity index (χ1n) is 5.74. The molecule has 0 bridgehead atoms. The molecule has 3 aliphatic rings. The van der Waals surface area contributed by atoms with Crippen LogP contribution in [0.3, 0.4) is 0 Å². The van der Waals surface area contributed by atoms with Crippen molar-refractivity contribution in [2.24, 2.45) is 0 Å². The molecule has 0 saturated heterocycles. The van der Waals surface area contributed by atoms with Gasteiger partial charge in [0.05, 0.1) is 0 Å². The summed E-state index contributed by atoms with van der Waals surface area (Å²) in [5.41, 5.74) is 0. The summed E-state index contributed by atoms with van der Waals surface area (Å²) in [5.74, 6) is 1.40. The lowest BCUT2D eigenvalue weighted by atomic mass is 10.1. The molecule has 0 saturated carbocycles. The van der Waals surface area contributed by atoms with E-state index in [1.54, 1.807) is 0 Å². The van der Waals surface area contributed by atoms with Crippen molar-refractivity contribution in [3.63, 3.8) is 0 Å². The van der Waals surface area contributed by atoms with E-state index >= 15 is 0 Å². The van der Waals surface area contributed by atoms with E-state index in [2.05, 4.69) is 0 Å². The van der Waals surface area contributed by atoms with Gasteiger partial charge in [0.15, 0.2) is 11.5 Å². The van der Waals surface area contributed by atoms with E-state index in [0.29, 0.717) is 21.3 Å². The van der Waals surface area contributed by atoms with Gasteiger partial charge in [-0.05, 0) is 13.8 Å². The molecule has 2 aliphatic heterocycles. The SMILES string of the molecule is CC1CSC2=C(O1)C(=O)C1=C(OC(C)CS1)C2=O. The van der Waals surface area contributed by atoms with Gasteiger partial charge in [0.25, 0.3) is 0 Å². The highest BCUT2D eigenvalue weighted by atomic mass is 32.2. The van der Waals surface area contributed by atoms with Gasteiger partial charge in [0.1, 0.15) is 22.0 Å². The van der Waals surface area contributed by atoms with Crippen LogP contribution in [0.2, 0.25) is 0 Å². The largest absolute Gasteiger partial charge is 0.484 e. The van der Waals surface area contributed by atoms with E-state index in [1.807, 2.05) is 13.8 Å². The van der Waals surface area contributed by atoms with Crippen LogP contribution in [0.25, 0.3) is 0 Å². The quantitative estimate of drug-likeness (QED) is 0.633. The first kappa shape index (κ1) is 12.2. The fourth-order valence-corrected chi connectivity index (χ4v) is 3.90. The molecule has 2 unspecified atom stereocenters. The summed E-state index contributed by atoms with van der Waals surface area (Å²) in [6, 6.07) is 0. The minimum atomic E-state index is -0.199. The molecular weight excluding hydrogens is 272 g/mol. The summed E-state index contributed by atoms with van der Waals surface area (Å²) in [4.78, 5) is 25.4. The molecule has 0 fully saturated rings. The average Bonchev–Trinajstić information content (AvgIpc) is 2.36. The zero-order chi connectivity index (χ0) is 12.9. The molecule has 1 aliphatic carbocycles. The topological polar surface area (TPSA) is 52.6 Å². The maximum atomic E-state index is 12.3. The third-order valence-corrected chi connectivity index (χ3v) is 5.39. The number of Topliss-reactive ketones (excluding diaryl/α,β-unsaturated/α-hetero) is 2. The van der Waals surface area contributed by atoms with E-state index in [-0.39, 0.29) is 35.3 Å². The Balaban J connectivity index is 2.02. The van der Waals surface area contributed by atoms with E-state index in [1.165, 1.54) is 23.5 Å². The lowest BCUT2D eigenvalue weighted by molar-refractivity contribution is -0.121. The van der Waals surface area contributed by atoms with Crippen molar-refractivity contribution in [3.05, 3.63) is 21.3 Å². The molecular formula is C12H12O4S2. The van der Waals surface area contributed by atoms with Gasteiger partial charge in [-0.1, -0.05) is 0 Å². The molecule has 4 nitrogen and oxygen atoms in total. The lowest BCUT2D eigenvalue weighted by Gasteiger charge is -2.32. The first-order chi connectivity index (χ1) is 8.58. The summed E-state index contributed by atoms with van der Waals surface area (Å²) in [7, 11) is 0. The molecule has 0 radical (unpaired) electrons. The van der Waals surface area contributed by atoms with Gasteiger partial charge in [-0.15, -0.1) is 23.5 Å². The number of hydrogen-bond acceptors (Lipinski definition) is 6. The zero-order valence-corrected chi connectivity index (χ0v) is 11.7. The number of ketones is 2. The number of carbonyl (C=O) groups excluding carboxylic acids is 2. The van der Waals surface area contributed by atoms with Gasteiger partial charge in [0.2, 0.25) is 11.6 Å². The predicted octanol–water partition coefficient (Wildman–Crippen LogP) is 1.87. The van der Waals surface area contributed by atoms with Crippen LogP contribution in [0.1, 0.15) is 13.8 Å². The summed E-state index contributed by atoms with van der Waals surface area (Å²) in [5, 5.41) is 0. The predicted molar refractivity (Wildman–Crippen MR) is 70.1 cm³/mol. The van der Waals surface area contributed by atoms with Gasteiger partial charge in [-0.25, -0.2) is 0 Å². The number of hydrogen-bond donors (Lipinski definition) is 0. The maximum absolute atomic E-state index is 12.3. The highest BCUT2D eigenvalue weighted by Crippen LogP contribution is 2.42. The van der Waals surface area contributed by atoms with Crippen LogP contribution in [0.4, 0.5) is 0 Å². The van der Waals surface area contributed by atoms with Crippen LogP contribution < -0.4 is 0 Å². The monoisotopic (exact) mass is 284 g/mol. The number of thioether (sulfide) groups is 2. The normalized spacial score (nSPS) is 31.7. The molecule has 0 aromatic heterocycles. The molecule has 0 aromatic rings. The molecule has 2 atom stereocenters. The molecule has 6 heteroatoms. The first-order valence-corrected chi connectivity index (χ1v) is 7.72. The van der Waals surface area contributed by atoms with Crippen molar-refractivity contribution >= 4 is 35.1 Å². The van der Waals surface area contributed by atoms with Gasteiger partial charge < -0.3 is 9.47 Å². The van der Waals surface area contributed by atoms with Gasteiger partial charge in [-0.2, -0.15) is 0 Å². The van der Waals surface area contributed by atoms with Gasteiger partial charge in [-0.3, -0.25) is 9.59 Å². The van der Waals surface area contributed by atoms with Crippen LogP contribution in [0.5, 0.6) is 0 Å². The molecule has 18 heavy (non-hydrogen) atoms. The second-order valence-electron chi connectivity index (χ2n) is 4.45. The van der Waals surface area contributed by atoms with Crippen molar-refractivity contribution in [3.8, 4) is 0 Å². The summed E-state index contributed by atoms with van der Waals surface area (Å²) >= 11 is 2.77. The maximum Gasteiger partial charge on any atom is 0.239 e. The number of rotatable bonds is 0. The second-order valence-corrected chi connectivity index (χ2v) is 6.51. The van der Waals surface area contributed by atoms with Crippen molar-refractivity contribution in [1.29, 1.82) is 0 Å². The van der Waals surface area contributed by atoms with E-state index in [0.717, 1.165) is 0 Å². The van der Waals surface area contributed by atoms with Crippen LogP contribution in [-0.4, -0.2) is 35.3 Å². The van der Waals surface area contributed by atoms with E-state index in [9.17, 15) is 9.59 Å². The van der Waals surface area contributed by atoms with Gasteiger partial charge in [0, 0.05) is 11.5 Å². The molecule has 96 valence electrons. The lowest BCUT2D eigenvalue weighted by Crippen LogP contribution is -2.34. The Labute approximate surface area is 113 Å². The Hall–Kier alpha value is -0.880.